The quantitative estimate of drug-likeness (QED) is 0.759. The van der Waals surface area contributed by atoms with Crippen LogP contribution in [0.25, 0.3) is 0 Å². The number of hydrogen-bond acceptors (Lipinski definition) is 5. The number of ether oxygens (including phenoxy) is 2. The predicted octanol–water partition coefficient (Wildman–Crippen LogP) is 3.90. The molecule has 160 valence electrons. The van der Waals surface area contributed by atoms with Gasteiger partial charge in [0.05, 0.1) is 28.9 Å². The zero-order chi connectivity index (χ0) is 21.1. The maximum atomic E-state index is 13.2. The summed E-state index contributed by atoms with van der Waals surface area (Å²) in [6.07, 6.45) is 0.916. The summed E-state index contributed by atoms with van der Waals surface area (Å²) in [6, 6.07) is 16.0. The summed E-state index contributed by atoms with van der Waals surface area (Å²) >= 11 is 0. The molecule has 0 saturated carbocycles. The minimum absolute atomic E-state index is 0.0372. The second kappa shape index (κ2) is 8.82. The molecule has 5 nitrogen and oxygen atoms in total. The highest BCUT2D eigenvalue weighted by molar-refractivity contribution is 7.89. The molecule has 2 atom stereocenters. The van der Waals surface area contributed by atoms with Crippen molar-refractivity contribution in [3.8, 4) is 11.5 Å². The number of benzene rings is 2. The van der Waals surface area contributed by atoms with E-state index in [2.05, 4.69) is 24.5 Å². The normalized spacial score (nSPS) is 23.2. The molecule has 4 rings (SSSR count). The zero-order valence-corrected chi connectivity index (χ0v) is 18.7. The van der Waals surface area contributed by atoms with Gasteiger partial charge in [0, 0.05) is 24.5 Å². The molecular formula is C24H30N2O3S. The first-order valence-corrected chi connectivity index (χ1v) is 11.7. The Labute approximate surface area is 181 Å². The molecule has 0 aromatic heterocycles. The summed E-state index contributed by atoms with van der Waals surface area (Å²) in [6.45, 7) is 6.48. The highest BCUT2D eigenvalue weighted by Crippen LogP contribution is 2.41. The third-order valence-electron chi connectivity index (χ3n) is 5.55. The van der Waals surface area contributed by atoms with Crippen molar-refractivity contribution in [3.05, 3.63) is 70.3 Å². The SMILES string of the molecule is COc1ccc(C2NCCNC3=C2S(=O)CC(C)(C)C3)cc1OCc1ccccc1. The van der Waals surface area contributed by atoms with Crippen molar-refractivity contribution >= 4 is 10.8 Å². The van der Waals surface area contributed by atoms with Gasteiger partial charge >= 0.3 is 0 Å². The molecule has 0 bridgehead atoms. The van der Waals surface area contributed by atoms with Crippen molar-refractivity contribution in [2.24, 2.45) is 5.41 Å². The molecule has 0 amide bonds. The van der Waals surface area contributed by atoms with Crippen LogP contribution in [0.2, 0.25) is 0 Å². The number of allylic oxidation sites excluding steroid dienone is 1. The Hall–Kier alpha value is -2.31. The average molecular weight is 427 g/mol. The van der Waals surface area contributed by atoms with Crippen LogP contribution < -0.4 is 20.1 Å². The van der Waals surface area contributed by atoms with Crippen molar-refractivity contribution in [1.29, 1.82) is 0 Å². The van der Waals surface area contributed by atoms with Crippen molar-refractivity contribution in [2.45, 2.75) is 32.9 Å². The van der Waals surface area contributed by atoms with Crippen molar-refractivity contribution < 1.29 is 13.7 Å². The molecule has 0 aliphatic carbocycles. The average Bonchev–Trinajstić information content (AvgIpc) is 2.94. The van der Waals surface area contributed by atoms with E-state index in [0.717, 1.165) is 41.2 Å². The van der Waals surface area contributed by atoms with Gasteiger partial charge in [-0.2, -0.15) is 0 Å². The lowest BCUT2D eigenvalue weighted by molar-refractivity contribution is 0.284. The maximum Gasteiger partial charge on any atom is 0.162 e. The van der Waals surface area contributed by atoms with Gasteiger partial charge in [-0.3, -0.25) is 4.21 Å². The molecule has 2 aliphatic rings. The molecule has 0 spiro atoms. The van der Waals surface area contributed by atoms with Crippen LogP contribution in [-0.2, 0) is 17.4 Å². The topological polar surface area (TPSA) is 59.6 Å². The molecule has 0 fully saturated rings. The number of rotatable bonds is 5. The number of methoxy groups -OCH3 is 1. The van der Waals surface area contributed by atoms with E-state index in [1.165, 1.54) is 0 Å². The summed E-state index contributed by atoms with van der Waals surface area (Å²) in [7, 11) is 0.617. The van der Waals surface area contributed by atoms with Crippen molar-refractivity contribution in [1.82, 2.24) is 10.6 Å². The van der Waals surface area contributed by atoms with Gasteiger partial charge in [0.1, 0.15) is 6.61 Å². The number of nitrogens with one attached hydrogen (secondary N) is 2. The van der Waals surface area contributed by atoms with E-state index in [1.807, 2.05) is 48.5 Å². The molecule has 30 heavy (non-hydrogen) atoms. The second-order valence-corrected chi connectivity index (χ2v) is 10.1. The van der Waals surface area contributed by atoms with Gasteiger partial charge in [0.15, 0.2) is 11.5 Å². The maximum absolute atomic E-state index is 13.2. The van der Waals surface area contributed by atoms with Crippen LogP contribution in [-0.4, -0.2) is 30.2 Å². The van der Waals surface area contributed by atoms with Gasteiger partial charge < -0.3 is 20.1 Å². The fourth-order valence-corrected chi connectivity index (χ4v) is 6.02. The van der Waals surface area contributed by atoms with E-state index in [4.69, 9.17) is 9.47 Å². The zero-order valence-electron chi connectivity index (χ0n) is 17.9. The van der Waals surface area contributed by atoms with Crippen LogP contribution in [0.4, 0.5) is 0 Å². The van der Waals surface area contributed by atoms with Gasteiger partial charge in [-0.15, -0.1) is 0 Å². The molecule has 6 heteroatoms. The number of hydrogen-bond donors (Lipinski definition) is 2. The van der Waals surface area contributed by atoms with Crippen molar-refractivity contribution in [3.63, 3.8) is 0 Å². The van der Waals surface area contributed by atoms with E-state index in [9.17, 15) is 4.21 Å². The van der Waals surface area contributed by atoms with Gasteiger partial charge in [0.2, 0.25) is 0 Å². The smallest absolute Gasteiger partial charge is 0.162 e. The molecule has 0 radical (unpaired) electrons. The lowest BCUT2D eigenvalue weighted by Crippen LogP contribution is -2.34. The molecule has 2 heterocycles. The van der Waals surface area contributed by atoms with Crippen LogP contribution in [0.15, 0.2) is 59.1 Å². The van der Waals surface area contributed by atoms with E-state index in [-0.39, 0.29) is 11.5 Å². The van der Waals surface area contributed by atoms with Crippen LogP contribution in [0.3, 0.4) is 0 Å². The Balaban J connectivity index is 1.66. The molecular weight excluding hydrogens is 396 g/mol. The van der Waals surface area contributed by atoms with E-state index in [1.54, 1.807) is 7.11 Å². The standard InChI is InChI=1S/C24H30N2O3S/c1-24(2)14-19-23(30(27)16-24)22(26-12-11-25-19)18-9-10-20(28-3)21(13-18)29-15-17-7-5-4-6-8-17/h4-10,13,22,25-26H,11-12,14-16H2,1-3H3. The first-order valence-electron chi connectivity index (χ1n) is 10.4. The fourth-order valence-electron chi connectivity index (χ4n) is 4.15. The van der Waals surface area contributed by atoms with Crippen molar-refractivity contribution in [2.75, 3.05) is 26.0 Å². The Bertz CT molecular complexity index is 956. The minimum atomic E-state index is -1.03. The highest BCUT2D eigenvalue weighted by Gasteiger charge is 2.37. The third kappa shape index (κ3) is 4.55. The fraction of sp³-hybridized carbons (Fsp3) is 0.417. The van der Waals surface area contributed by atoms with Gasteiger partial charge in [0.25, 0.3) is 0 Å². The van der Waals surface area contributed by atoms with Gasteiger partial charge in [-0.25, -0.2) is 0 Å². The lowest BCUT2D eigenvalue weighted by atomic mass is 9.88. The highest BCUT2D eigenvalue weighted by atomic mass is 32.2. The van der Waals surface area contributed by atoms with E-state index in [0.29, 0.717) is 23.9 Å². The van der Waals surface area contributed by atoms with Gasteiger partial charge in [-0.1, -0.05) is 50.2 Å². The largest absolute Gasteiger partial charge is 0.493 e. The first-order chi connectivity index (χ1) is 14.5. The van der Waals surface area contributed by atoms with Crippen LogP contribution in [0.5, 0.6) is 11.5 Å². The molecule has 2 aromatic rings. The molecule has 0 saturated heterocycles. The predicted molar refractivity (Wildman–Crippen MR) is 121 cm³/mol. The first kappa shape index (κ1) is 20.9. The molecule has 2 N–H and O–H groups in total. The van der Waals surface area contributed by atoms with E-state index >= 15 is 0 Å². The Kier molecular flexibility index (Phi) is 6.16. The monoisotopic (exact) mass is 426 g/mol. The molecule has 2 aliphatic heterocycles. The lowest BCUT2D eigenvalue weighted by Gasteiger charge is -2.34. The van der Waals surface area contributed by atoms with Crippen LogP contribution in [0.1, 0.15) is 37.4 Å². The summed E-state index contributed by atoms with van der Waals surface area (Å²) in [5.74, 6) is 2.07. The second-order valence-electron chi connectivity index (χ2n) is 8.67. The summed E-state index contributed by atoms with van der Waals surface area (Å²) in [4.78, 5) is 0.978. The molecule has 2 aromatic carbocycles. The van der Waals surface area contributed by atoms with Crippen LogP contribution >= 0.6 is 0 Å². The van der Waals surface area contributed by atoms with Crippen LogP contribution in [0, 0.1) is 5.41 Å². The summed E-state index contributed by atoms with van der Waals surface area (Å²) in [5, 5.41) is 7.10. The molecule has 2 unspecified atom stereocenters. The summed E-state index contributed by atoms with van der Waals surface area (Å²) in [5.41, 5.74) is 3.31. The minimum Gasteiger partial charge on any atom is -0.493 e. The van der Waals surface area contributed by atoms with Gasteiger partial charge in [-0.05, 0) is 35.1 Å². The Morgan fingerprint density at radius 3 is 2.67 bits per heavy atom. The Morgan fingerprint density at radius 2 is 1.90 bits per heavy atom. The Morgan fingerprint density at radius 1 is 1.10 bits per heavy atom. The third-order valence-corrected chi connectivity index (χ3v) is 7.57. The van der Waals surface area contributed by atoms with E-state index < -0.39 is 10.8 Å². The summed E-state index contributed by atoms with van der Waals surface area (Å²) < 4.78 is 24.9.